The van der Waals surface area contributed by atoms with Gasteiger partial charge in [-0.15, -0.1) is 0 Å². The van der Waals surface area contributed by atoms with Crippen LogP contribution < -0.4 is 0 Å². The van der Waals surface area contributed by atoms with Crippen molar-refractivity contribution in [1.82, 2.24) is 19.5 Å². The molecular weight excluding hydrogens is 324 g/mol. The van der Waals surface area contributed by atoms with Gasteiger partial charge in [0.1, 0.15) is 24.1 Å². The molecule has 0 fully saturated rings. The first-order chi connectivity index (χ1) is 11.2. The molecule has 2 aromatic heterocycles. The van der Waals surface area contributed by atoms with Crippen LogP contribution in [0.3, 0.4) is 0 Å². The highest BCUT2D eigenvalue weighted by Gasteiger charge is 2.12. The van der Waals surface area contributed by atoms with Gasteiger partial charge in [-0.3, -0.25) is 9.59 Å². The number of carbonyl (C=O) groups excluding carboxylic acids is 2. The molecule has 8 heteroatoms. The lowest BCUT2D eigenvalue weighted by Crippen LogP contribution is -2.22. The molecule has 0 unspecified atom stereocenters. The molecule has 0 saturated heterocycles. The molecule has 7 nitrogen and oxygen atoms in total. The van der Waals surface area contributed by atoms with Crippen LogP contribution in [0.15, 0.2) is 12.4 Å². The van der Waals surface area contributed by atoms with Crippen LogP contribution in [0, 0.1) is 13.8 Å². The maximum Gasteiger partial charge on any atom is 0.170 e. The number of H-pyrrole nitrogens is 1. The first kappa shape index (κ1) is 20.0. The summed E-state index contributed by atoms with van der Waals surface area (Å²) in [6, 6.07) is 1.15. The zero-order chi connectivity index (χ0) is 18.2. The van der Waals surface area contributed by atoms with Crippen molar-refractivity contribution < 1.29 is 14.3 Å². The third-order valence-electron chi connectivity index (χ3n) is 3.19. The highest BCUT2D eigenvalue weighted by molar-refractivity contribution is 6.76. The Morgan fingerprint density at radius 1 is 1.25 bits per heavy atom. The van der Waals surface area contributed by atoms with Crippen molar-refractivity contribution in [3.63, 3.8) is 0 Å². The smallest absolute Gasteiger partial charge is 0.170 e. The standard InChI is InChI=1S/C11H20N2O2Si.C5H6N2O/c1-10-12-11(8-14)7-13(10)9-15-5-6-16(2,3)4;1-4-6-2-5(3-8)7-4/h7-8H,5-6,9H2,1-4H3;2-3H,1H3,(H,6,7). The highest BCUT2D eigenvalue weighted by Crippen LogP contribution is 2.08. The number of aromatic nitrogens is 4. The molecular formula is C16H26N4O3Si. The minimum absolute atomic E-state index is 0.464. The number of nitrogens with zero attached hydrogens (tertiary/aromatic N) is 3. The van der Waals surface area contributed by atoms with Gasteiger partial charge in [0.05, 0.1) is 11.9 Å². The van der Waals surface area contributed by atoms with Crippen molar-refractivity contribution in [2.24, 2.45) is 0 Å². The number of hydrogen-bond donors (Lipinski definition) is 1. The van der Waals surface area contributed by atoms with Gasteiger partial charge in [-0.2, -0.15) is 0 Å². The summed E-state index contributed by atoms with van der Waals surface area (Å²) in [5.74, 6) is 1.59. The van der Waals surface area contributed by atoms with Crippen LogP contribution in [0.2, 0.25) is 25.7 Å². The third kappa shape index (κ3) is 7.47. The molecule has 132 valence electrons. The summed E-state index contributed by atoms with van der Waals surface area (Å²) < 4.78 is 7.43. The summed E-state index contributed by atoms with van der Waals surface area (Å²) in [5, 5.41) is 0. The van der Waals surface area contributed by atoms with Gasteiger partial charge in [-0.1, -0.05) is 19.6 Å². The summed E-state index contributed by atoms with van der Waals surface area (Å²) >= 11 is 0. The Hall–Kier alpha value is -2.06. The summed E-state index contributed by atoms with van der Waals surface area (Å²) in [6.07, 6.45) is 4.71. The van der Waals surface area contributed by atoms with E-state index in [-0.39, 0.29) is 0 Å². The fraction of sp³-hybridized carbons (Fsp3) is 0.500. The Morgan fingerprint density at radius 2 is 1.96 bits per heavy atom. The van der Waals surface area contributed by atoms with Crippen LogP contribution in [0.25, 0.3) is 0 Å². The molecule has 1 N–H and O–H groups in total. The zero-order valence-corrected chi connectivity index (χ0v) is 16.0. The molecule has 0 atom stereocenters. The van der Waals surface area contributed by atoms with Gasteiger partial charge >= 0.3 is 0 Å². The molecule has 2 heterocycles. The molecule has 0 aliphatic heterocycles. The van der Waals surface area contributed by atoms with Gasteiger partial charge in [-0.25, -0.2) is 9.97 Å². The van der Waals surface area contributed by atoms with E-state index in [0.29, 0.717) is 18.1 Å². The lowest BCUT2D eigenvalue weighted by atomic mass is 10.5. The lowest BCUT2D eigenvalue weighted by molar-refractivity contribution is 0.0857. The van der Waals surface area contributed by atoms with Crippen molar-refractivity contribution in [3.8, 4) is 0 Å². The van der Waals surface area contributed by atoms with Gasteiger partial charge in [0.25, 0.3) is 0 Å². The predicted octanol–water partition coefficient (Wildman–Crippen LogP) is 2.85. The van der Waals surface area contributed by atoms with Crippen LogP contribution >= 0.6 is 0 Å². The van der Waals surface area contributed by atoms with Gasteiger partial charge in [0.2, 0.25) is 0 Å². The minimum atomic E-state index is -1.02. The van der Waals surface area contributed by atoms with Crippen LogP contribution in [0.4, 0.5) is 0 Å². The Balaban J connectivity index is 0.000000300. The molecule has 0 spiro atoms. The maximum absolute atomic E-state index is 10.5. The van der Waals surface area contributed by atoms with Gasteiger partial charge < -0.3 is 14.3 Å². The summed E-state index contributed by atoms with van der Waals surface area (Å²) in [6.45, 7) is 11.9. The topological polar surface area (TPSA) is 89.9 Å². The molecule has 2 aromatic rings. The number of rotatable bonds is 7. The van der Waals surface area contributed by atoms with E-state index in [4.69, 9.17) is 4.74 Å². The molecule has 0 aromatic carbocycles. The first-order valence-electron chi connectivity index (χ1n) is 7.78. The number of carbonyl (C=O) groups is 2. The van der Waals surface area contributed by atoms with Crippen molar-refractivity contribution in [2.45, 2.75) is 46.3 Å². The van der Waals surface area contributed by atoms with E-state index in [1.165, 1.54) is 6.20 Å². The van der Waals surface area contributed by atoms with Crippen molar-refractivity contribution in [1.29, 1.82) is 0 Å². The predicted molar refractivity (Wildman–Crippen MR) is 95.2 cm³/mol. The average Bonchev–Trinajstić information content (AvgIpc) is 3.09. The Kier molecular flexibility index (Phi) is 7.73. The number of imidazole rings is 2. The van der Waals surface area contributed by atoms with Crippen LogP contribution in [0.1, 0.15) is 32.6 Å². The largest absolute Gasteiger partial charge is 0.361 e. The molecule has 0 aliphatic rings. The number of aromatic amines is 1. The first-order valence-corrected chi connectivity index (χ1v) is 11.5. The quantitative estimate of drug-likeness (QED) is 0.471. The summed E-state index contributed by atoms with van der Waals surface area (Å²) in [7, 11) is -1.02. The number of aryl methyl sites for hydroxylation is 2. The fourth-order valence-electron chi connectivity index (χ4n) is 1.76. The van der Waals surface area contributed by atoms with E-state index in [2.05, 4.69) is 34.6 Å². The van der Waals surface area contributed by atoms with Gasteiger partial charge in [0, 0.05) is 20.9 Å². The Bertz CT molecular complexity index is 659. The molecule has 0 amide bonds. The van der Waals surface area contributed by atoms with E-state index < -0.39 is 8.07 Å². The van der Waals surface area contributed by atoms with Crippen molar-refractivity contribution >= 4 is 20.6 Å². The second kappa shape index (κ2) is 9.29. The van der Waals surface area contributed by atoms with Crippen molar-refractivity contribution in [2.75, 3.05) is 6.61 Å². The number of hydrogen-bond acceptors (Lipinski definition) is 5. The van der Waals surface area contributed by atoms with E-state index in [0.717, 1.165) is 36.9 Å². The number of aldehydes is 2. The van der Waals surface area contributed by atoms with E-state index in [9.17, 15) is 9.59 Å². The molecule has 0 radical (unpaired) electrons. The second-order valence-electron chi connectivity index (χ2n) is 6.69. The number of ether oxygens (including phenoxy) is 1. The lowest BCUT2D eigenvalue weighted by Gasteiger charge is -2.15. The second-order valence-corrected chi connectivity index (χ2v) is 12.3. The van der Waals surface area contributed by atoms with Crippen LogP contribution in [-0.2, 0) is 11.5 Å². The zero-order valence-electron chi connectivity index (χ0n) is 15.0. The van der Waals surface area contributed by atoms with E-state index in [1.54, 1.807) is 13.1 Å². The van der Waals surface area contributed by atoms with Gasteiger partial charge in [-0.05, 0) is 19.9 Å². The fourth-order valence-corrected chi connectivity index (χ4v) is 2.52. The SMILES string of the molecule is Cc1nc(C=O)cn1COCC[Si](C)(C)C.Cc1ncc(C=O)[nH]1. The van der Waals surface area contributed by atoms with Gasteiger partial charge in [0.15, 0.2) is 12.6 Å². The monoisotopic (exact) mass is 350 g/mol. The average molecular weight is 350 g/mol. The van der Waals surface area contributed by atoms with E-state index in [1.807, 2.05) is 11.5 Å². The normalized spacial score (nSPS) is 10.9. The number of nitrogens with one attached hydrogen (secondary N) is 1. The van der Waals surface area contributed by atoms with E-state index >= 15 is 0 Å². The van der Waals surface area contributed by atoms with Crippen LogP contribution in [0.5, 0.6) is 0 Å². The molecule has 2 rings (SSSR count). The summed E-state index contributed by atoms with van der Waals surface area (Å²) in [5.41, 5.74) is 0.994. The summed E-state index contributed by atoms with van der Waals surface area (Å²) in [4.78, 5) is 31.1. The Labute approximate surface area is 143 Å². The minimum Gasteiger partial charge on any atom is -0.361 e. The van der Waals surface area contributed by atoms with Crippen molar-refractivity contribution in [3.05, 3.63) is 35.4 Å². The maximum atomic E-state index is 10.5. The molecule has 0 bridgehead atoms. The molecule has 0 aliphatic carbocycles. The third-order valence-corrected chi connectivity index (χ3v) is 4.90. The highest BCUT2D eigenvalue weighted by atomic mass is 28.3. The molecule has 0 saturated carbocycles. The Morgan fingerprint density at radius 3 is 2.38 bits per heavy atom. The van der Waals surface area contributed by atoms with Crippen LogP contribution in [-0.4, -0.2) is 46.8 Å². The molecule has 24 heavy (non-hydrogen) atoms.